The average Bonchev–Trinajstić information content (AvgIpc) is 2.32. The van der Waals surface area contributed by atoms with Gasteiger partial charge in [0.15, 0.2) is 0 Å². The third kappa shape index (κ3) is 4.39. The molecule has 0 aromatic heterocycles. The van der Waals surface area contributed by atoms with Crippen molar-refractivity contribution < 1.29 is 5.11 Å². The maximum absolute atomic E-state index is 9.68. The molecule has 1 rings (SSSR count). The molecule has 0 bridgehead atoms. The summed E-state index contributed by atoms with van der Waals surface area (Å²) in [5, 5.41) is 13.1. The number of phenolic OH excluding ortho intramolecular Hbond substituents is 1. The molecule has 2 N–H and O–H groups in total. The van der Waals surface area contributed by atoms with Crippen molar-refractivity contribution in [2.45, 2.75) is 46.5 Å². The molecule has 96 valence electrons. The fraction of sp³-hybridized carbons (Fsp3) is 0.600. The second-order valence-corrected chi connectivity index (χ2v) is 4.71. The van der Waals surface area contributed by atoms with Gasteiger partial charge in [-0.3, -0.25) is 0 Å². The van der Waals surface area contributed by atoms with Crippen molar-refractivity contribution in [1.82, 2.24) is 5.32 Å². The van der Waals surface area contributed by atoms with Crippen LogP contribution in [0.3, 0.4) is 0 Å². The molecule has 0 aliphatic rings. The van der Waals surface area contributed by atoms with Gasteiger partial charge in [0.25, 0.3) is 0 Å². The third-order valence-corrected chi connectivity index (χ3v) is 3.31. The highest BCUT2D eigenvalue weighted by molar-refractivity contribution is 5.43. The van der Waals surface area contributed by atoms with Crippen LogP contribution in [0, 0.1) is 13.8 Å². The van der Waals surface area contributed by atoms with Crippen LogP contribution in [0.5, 0.6) is 5.75 Å². The summed E-state index contributed by atoms with van der Waals surface area (Å²) < 4.78 is 0. The summed E-state index contributed by atoms with van der Waals surface area (Å²) in [6.45, 7) is 8.42. The van der Waals surface area contributed by atoms with Crippen molar-refractivity contribution in [3.63, 3.8) is 0 Å². The van der Waals surface area contributed by atoms with Gasteiger partial charge in [-0.15, -0.1) is 0 Å². The van der Waals surface area contributed by atoms with Crippen LogP contribution >= 0.6 is 0 Å². The topological polar surface area (TPSA) is 32.3 Å². The molecule has 0 aliphatic heterocycles. The van der Waals surface area contributed by atoms with Gasteiger partial charge in [-0.1, -0.05) is 25.8 Å². The molecule has 0 fully saturated rings. The van der Waals surface area contributed by atoms with Crippen molar-refractivity contribution in [3.05, 3.63) is 28.8 Å². The third-order valence-electron chi connectivity index (χ3n) is 3.31. The Labute approximate surface area is 105 Å². The second kappa shape index (κ2) is 7.33. The Bertz CT molecular complexity index is 347. The number of aryl methyl sites for hydroxylation is 1. The monoisotopic (exact) mass is 235 g/mol. The lowest BCUT2D eigenvalue weighted by molar-refractivity contribution is 0.469. The van der Waals surface area contributed by atoms with Crippen molar-refractivity contribution >= 4 is 0 Å². The SMILES string of the molecule is CCCCCNCCc1c(C)ccc(O)c1C. The highest BCUT2D eigenvalue weighted by atomic mass is 16.3. The molecule has 0 atom stereocenters. The van der Waals surface area contributed by atoms with Crippen LogP contribution in [0.4, 0.5) is 0 Å². The Kier molecular flexibility index (Phi) is 6.06. The van der Waals surface area contributed by atoms with E-state index >= 15 is 0 Å². The minimum absolute atomic E-state index is 0.414. The molecule has 1 aromatic rings. The normalized spacial score (nSPS) is 10.8. The van der Waals surface area contributed by atoms with Crippen molar-refractivity contribution in [3.8, 4) is 5.75 Å². The number of hydrogen-bond donors (Lipinski definition) is 2. The number of benzene rings is 1. The van der Waals surface area contributed by atoms with E-state index in [9.17, 15) is 5.11 Å². The van der Waals surface area contributed by atoms with Crippen LogP contribution < -0.4 is 5.32 Å². The summed E-state index contributed by atoms with van der Waals surface area (Å²) in [5.74, 6) is 0.414. The molecule has 2 heteroatoms. The molecule has 17 heavy (non-hydrogen) atoms. The van der Waals surface area contributed by atoms with Gasteiger partial charge in [-0.05, 0) is 62.5 Å². The lowest BCUT2D eigenvalue weighted by Gasteiger charge is -2.11. The first-order chi connectivity index (χ1) is 8.16. The number of nitrogens with one attached hydrogen (secondary N) is 1. The van der Waals surface area contributed by atoms with Gasteiger partial charge < -0.3 is 10.4 Å². The van der Waals surface area contributed by atoms with Crippen molar-refractivity contribution in [1.29, 1.82) is 0 Å². The predicted octanol–water partition coefficient (Wildman–Crippen LogP) is 3.33. The molecule has 0 unspecified atom stereocenters. The number of unbranched alkanes of at least 4 members (excludes halogenated alkanes) is 2. The van der Waals surface area contributed by atoms with Crippen LogP contribution in [0.15, 0.2) is 12.1 Å². The Balaban J connectivity index is 2.39. The van der Waals surface area contributed by atoms with Crippen molar-refractivity contribution in [2.24, 2.45) is 0 Å². The number of aromatic hydroxyl groups is 1. The van der Waals surface area contributed by atoms with Crippen LogP contribution in [0.1, 0.15) is 42.9 Å². The summed E-state index contributed by atoms with van der Waals surface area (Å²) in [6.07, 6.45) is 4.83. The zero-order valence-corrected chi connectivity index (χ0v) is 11.3. The molecule has 2 nitrogen and oxygen atoms in total. The number of hydrogen-bond acceptors (Lipinski definition) is 2. The largest absolute Gasteiger partial charge is 0.508 e. The van der Waals surface area contributed by atoms with Gasteiger partial charge in [0.1, 0.15) is 5.75 Å². The van der Waals surface area contributed by atoms with E-state index < -0.39 is 0 Å². The van der Waals surface area contributed by atoms with E-state index in [1.165, 1.54) is 30.4 Å². The molecule has 0 radical (unpaired) electrons. The molecule has 0 aliphatic carbocycles. The maximum atomic E-state index is 9.68. The minimum Gasteiger partial charge on any atom is -0.508 e. The molecule has 0 spiro atoms. The van der Waals surface area contributed by atoms with E-state index in [0.29, 0.717) is 5.75 Å². The Morgan fingerprint density at radius 1 is 1.12 bits per heavy atom. The number of phenols is 1. The van der Waals surface area contributed by atoms with Crippen LogP contribution in [-0.4, -0.2) is 18.2 Å². The second-order valence-electron chi connectivity index (χ2n) is 4.71. The number of rotatable bonds is 7. The Morgan fingerprint density at radius 3 is 2.59 bits per heavy atom. The smallest absolute Gasteiger partial charge is 0.118 e. The summed E-state index contributed by atoms with van der Waals surface area (Å²) in [4.78, 5) is 0. The molecule has 0 saturated heterocycles. The van der Waals surface area contributed by atoms with Gasteiger partial charge in [0, 0.05) is 0 Å². The maximum Gasteiger partial charge on any atom is 0.118 e. The zero-order chi connectivity index (χ0) is 12.7. The molecule has 0 saturated carbocycles. The highest BCUT2D eigenvalue weighted by Gasteiger charge is 2.05. The molecule has 0 heterocycles. The molecular formula is C15H25NO. The van der Waals surface area contributed by atoms with Crippen LogP contribution in [0.2, 0.25) is 0 Å². The van der Waals surface area contributed by atoms with Crippen LogP contribution in [-0.2, 0) is 6.42 Å². The van der Waals surface area contributed by atoms with E-state index in [1.807, 2.05) is 13.0 Å². The zero-order valence-electron chi connectivity index (χ0n) is 11.3. The predicted molar refractivity (Wildman–Crippen MR) is 73.7 cm³/mol. The first-order valence-electron chi connectivity index (χ1n) is 6.65. The van der Waals surface area contributed by atoms with Crippen molar-refractivity contribution in [2.75, 3.05) is 13.1 Å². The standard InChI is InChI=1S/C15H25NO/c1-4-5-6-10-16-11-9-14-12(2)7-8-15(17)13(14)3/h7-8,16-17H,4-6,9-11H2,1-3H3. The van der Waals surface area contributed by atoms with E-state index in [2.05, 4.69) is 19.2 Å². The van der Waals surface area contributed by atoms with E-state index in [1.54, 1.807) is 6.07 Å². The highest BCUT2D eigenvalue weighted by Crippen LogP contribution is 2.23. The summed E-state index contributed by atoms with van der Waals surface area (Å²) in [5.41, 5.74) is 3.59. The lowest BCUT2D eigenvalue weighted by Crippen LogP contribution is -2.19. The van der Waals surface area contributed by atoms with E-state index in [0.717, 1.165) is 25.1 Å². The van der Waals surface area contributed by atoms with Crippen LogP contribution in [0.25, 0.3) is 0 Å². The Hall–Kier alpha value is -1.02. The molecule has 0 amide bonds. The quantitative estimate of drug-likeness (QED) is 0.710. The van der Waals surface area contributed by atoms with Gasteiger partial charge >= 0.3 is 0 Å². The molecule has 1 aromatic carbocycles. The fourth-order valence-electron chi connectivity index (χ4n) is 2.10. The fourth-order valence-corrected chi connectivity index (χ4v) is 2.10. The first kappa shape index (κ1) is 14.0. The average molecular weight is 235 g/mol. The minimum atomic E-state index is 0.414. The summed E-state index contributed by atoms with van der Waals surface area (Å²) in [6, 6.07) is 3.78. The van der Waals surface area contributed by atoms with E-state index in [-0.39, 0.29) is 0 Å². The first-order valence-corrected chi connectivity index (χ1v) is 6.65. The van der Waals surface area contributed by atoms with Gasteiger partial charge in [0.05, 0.1) is 0 Å². The van der Waals surface area contributed by atoms with E-state index in [4.69, 9.17) is 0 Å². The lowest BCUT2D eigenvalue weighted by atomic mass is 9.99. The van der Waals surface area contributed by atoms with Gasteiger partial charge in [0.2, 0.25) is 0 Å². The summed E-state index contributed by atoms with van der Waals surface area (Å²) in [7, 11) is 0. The summed E-state index contributed by atoms with van der Waals surface area (Å²) >= 11 is 0. The molecular weight excluding hydrogens is 210 g/mol. The Morgan fingerprint density at radius 2 is 1.88 bits per heavy atom. The van der Waals surface area contributed by atoms with Gasteiger partial charge in [-0.2, -0.15) is 0 Å². The van der Waals surface area contributed by atoms with Gasteiger partial charge in [-0.25, -0.2) is 0 Å².